The first-order valence-corrected chi connectivity index (χ1v) is 8.67. The first-order valence-electron chi connectivity index (χ1n) is 7.41. The Kier molecular flexibility index (Phi) is 5.11. The smallest absolute Gasteiger partial charge is 0.271 e. The van der Waals surface area contributed by atoms with Gasteiger partial charge in [0.2, 0.25) is 5.91 Å². The van der Waals surface area contributed by atoms with E-state index in [1.165, 1.54) is 11.3 Å². The van der Waals surface area contributed by atoms with E-state index in [-0.39, 0.29) is 5.69 Å². The van der Waals surface area contributed by atoms with Crippen molar-refractivity contribution in [3.05, 3.63) is 76.3 Å². The number of nitrogens with two attached hydrogens (primary N) is 1. The zero-order valence-corrected chi connectivity index (χ0v) is 14.6. The Balaban J connectivity index is 1.79. The predicted octanol–water partition coefficient (Wildman–Crippen LogP) is 3.42. The fraction of sp³-hybridized carbons (Fsp3) is 0.0556. The van der Waals surface area contributed by atoms with Crippen molar-refractivity contribution in [1.29, 1.82) is 0 Å². The van der Waals surface area contributed by atoms with E-state index in [1.54, 1.807) is 41.8 Å². The van der Waals surface area contributed by atoms with Crippen LogP contribution in [0.5, 0.6) is 0 Å². The van der Waals surface area contributed by atoms with Crippen molar-refractivity contribution in [2.24, 2.45) is 5.73 Å². The number of halogens is 1. The van der Waals surface area contributed by atoms with E-state index in [0.29, 0.717) is 15.6 Å². The number of rotatable bonds is 5. The van der Waals surface area contributed by atoms with Crippen LogP contribution in [0.3, 0.4) is 0 Å². The quantitative estimate of drug-likeness (QED) is 0.720. The number of carbonyl (C=O) groups is 2. The number of primary amides is 1. The normalized spacial score (nSPS) is 11.7. The van der Waals surface area contributed by atoms with Gasteiger partial charge in [0.15, 0.2) is 0 Å². The highest BCUT2D eigenvalue weighted by molar-refractivity contribution is 7.13. The molecule has 3 aromatic rings. The SMILES string of the molecule is NC(=O)[C@@H](NC(=O)c1csc(-c2ccc(Cl)cc2)n1)c1ccccc1. The summed E-state index contributed by atoms with van der Waals surface area (Å²) in [6.07, 6.45) is 0. The topological polar surface area (TPSA) is 85.1 Å². The first kappa shape index (κ1) is 17.1. The summed E-state index contributed by atoms with van der Waals surface area (Å²) >= 11 is 7.21. The van der Waals surface area contributed by atoms with E-state index in [2.05, 4.69) is 10.3 Å². The van der Waals surface area contributed by atoms with Crippen LogP contribution in [0.1, 0.15) is 22.1 Å². The number of benzene rings is 2. The van der Waals surface area contributed by atoms with Crippen molar-refractivity contribution in [2.75, 3.05) is 0 Å². The molecule has 7 heteroatoms. The Bertz CT molecular complexity index is 894. The number of nitrogens with one attached hydrogen (secondary N) is 1. The molecule has 1 atom stereocenters. The Hall–Kier alpha value is -2.70. The van der Waals surface area contributed by atoms with Crippen molar-refractivity contribution in [2.45, 2.75) is 6.04 Å². The summed E-state index contributed by atoms with van der Waals surface area (Å²) in [6, 6.07) is 15.1. The van der Waals surface area contributed by atoms with Gasteiger partial charge in [0, 0.05) is 16.0 Å². The lowest BCUT2D eigenvalue weighted by Crippen LogP contribution is -2.37. The van der Waals surface area contributed by atoms with Gasteiger partial charge < -0.3 is 11.1 Å². The van der Waals surface area contributed by atoms with Crippen LogP contribution in [-0.4, -0.2) is 16.8 Å². The van der Waals surface area contributed by atoms with Crippen molar-refractivity contribution in [1.82, 2.24) is 10.3 Å². The van der Waals surface area contributed by atoms with Crippen LogP contribution in [0.25, 0.3) is 10.6 Å². The highest BCUT2D eigenvalue weighted by atomic mass is 35.5. The first-order chi connectivity index (χ1) is 12.0. The van der Waals surface area contributed by atoms with Gasteiger partial charge in [-0.05, 0) is 17.7 Å². The molecule has 126 valence electrons. The number of nitrogens with zero attached hydrogens (tertiary/aromatic N) is 1. The fourth-order valence-electron chi connectivity index (χ4n) is 2.27. The van der Waals surface area contributed by atoms with E-state index < -0.39 is 17.9 Å². The van der Waals surface area contributed by atoms with Crippen LogP contribution < -0.4 is 11.1 Å². The third-order valence-corrected chi connectivity index (χ3v) is 4.66. The molecule has 3 rings (SSSR count). The van der Waals surface area contributed by atoms with Gasteiger partial charge in [-0.2, -0.15) is 0 Å². The standard InChI is InChI=1S/C18H14ClN3O2S/c19-13-8-6-12(7-9-13)18-21-14(10-25-18)17(24)22-15(16(20)23)11-4-2-1-3-5-11/h1-10,15H,(H2,20,23)(H,22,24)/t15-/m0/s1. The van der Waals surface area contributed by atoms with Crippen molar-refractivity contribution in [3.8, 4) is 10.6 Å². The molecule has 0 spiro atoms. The molecule has 0 radical (unpaired) electrons. The van der Waals surface area contributed by atoms with Crippen LogP contribution in [0, 0.1) is 0 Å². The molecular weight excluding hydrogens is 358 g/mol. The van der Waals surface area contributed by atoms with Crippen LogP contribution in [0.15, 0.2) is 60.0 Å². The predicted molar refractivity (Wildman–Crippen MR) is 98.4 cm³/mol. The van der Waals surface area contributed by atoms with Crippen LogP contribution in [-0.2, 0) is 4.79 Å². The minimum Gasteiger partial charge on any atom is -0.368 e. The van der Waals surface area contributed by atoms with E-state index >= 15 is 0 Å². The second-order valence-electron chi connectivity index (χ2n) is 5.26. The third-order valence-electron chi connectivity index (χ3n) is 3.52. The lowest BCUT2D eigenvalue weighted by molar-refractivity contribution is -0.120. The van der Waals surface area contributed by atoms with Gasteiger partial charge in [-0.1, -0.05) is 54.1 Å². The van der Waals surface area contributed by atoms with Crippen molar-refractivity contribution >= 4 is 34.8 Å². The average molecular weight is 372 g/mol. The zero-order chi connectivity index (χ0) is 17.8. The van der Waals surface area contributed by atoms with E-state index in [4.69, 9.17) is 17.3 Å². The van der Waals surface area contributed by atoms with Gasteiger partial charge in [0.05, 0.1) is 0 Å². The van der Waals surface area contributed by atoms with E-state index in [1.807, 2.05) is 18.2 Å². The summed E-state index contributed by atoms with van der Waals surface area (Å²) in [6.45, 7) is 0. The zero-order valence-electron chi connectivity index (χ0n) is 13.0. The average Bonchev–Trinajstić information content (AvgIpc) is 3.11. The Morgan fingerprint density at radius 3 is 2.40 bits per heavy atom. The molecule has 0 aliphatic carbocycles. The summed E-state index contributed by atoms with van der Waals surface area (Å²) < 4.78 is 0. The lowest BCUT2D eigenvalue weighted by atomic mass is 10.1. The van der Waals surface area contributed by atoms with Crippen molar-refractivity contribution in [3.63, 3.8) is 0 Å². The summed E-state index contributed by atoms with van der Waals surface area (Å²) in [5.74, 6) is -1.09. The molecule has 5 nitrogen and oxygen atoms in total. The number of hydrogen-bond acceptors (Lipinski definition) is 4. The Labute approximate surface area is 153 Å². The lowest BCUT2D eigenvalue weighted by Gasteiger charge is -2.14. The Morgan fingerprint density at radius 1 is 1.08 bits per heavy atom. The van der Waals surface area contributed by atoms with Gasteiger partial charge in [-0.25, -0.2) is 4.98 Å². The number of thiazole rings is 1. The summed E-state index contributed by atoms with van der Waals surface area (Å²) in [5.41, 5.74) is 7.14. The minimum absolute atomic E-state index is 0.233. The molecule has 0 aliphatic heterocycles. The summed E-state index contributed by atoms with van der Waals surface area (Å²) in [7, 11) is 0. The van der Waals surface area contributed by atoms with E-state index in [9.17, 15) is 9.59 Å². The van der Waals surface area contributed by atoms with Gasteiger partial charge >= 0.3 is 0 Å². The minimum atomic E-state index is -0.908. The molecule has 1 heterocycles. The highest BCUT2D eigenvalue weighted by Crippen LogP contribution is 2.25. The van der Waals surface area contributed by atoms with Gasteiger partial charge in [-0.3, -0.25) is 9.59 Å². The number of hydrogen-bond donors (Lipinski definition) is 2. The molecule has 0 saturated carbocycles. The maximum absolute atomic E-state index is 12.4. The molecule has 0 fully saturated rings. The second kappa shape index (κ2) is 7.46. The number of aromatic nitrogens is 1. The highest BCUT2D eigenvalue weighted by Gasteiger charge is 2.22. The summed E-state index contributed by atoms with van der Waals surface area (Å²) in [4.78, 5) is 28.5. The van der Waals surface area contributed by atoms with Crippen LogP contribution >= 0.6 is 22.9 Å². The molecule has 0 bridgehead atoms. The second-order valence-corrected chi connectivity index (χ2v) is 6.56. The monoisotopic (exact) mass is 371 g/mol. The number of carbonyl (C=O) groups excluding carboxylic acids is 2. The fourth-order valence-corrected chi connectivity index (χ4v) is 3.20. The molecule has 1 aromatic heterocycles. The van der Waals surface area contributed by atoms with E-state index in [0.717, 1.165) is 5.56 Å². The molecule has 0 saturated heterocycles. The molecule has 0 aliphatic rings. The Morgan fingerprint density at radius 2 is 1.76 bits per heavy atom. The molecule has 2 aromatic carbocycles. The van der Waals surface area contributed by atoms with Crippen molar-refractivity contribution < 1.29 is 9.59 Å². The maximum Gasteiger partial charge on any atom is 0.271 e. The van der Waals surface area contributed by atoms with Gasteiger partial charge in [0.25, 0.3) is 5.91 Å². The van der Waals surface area contributed by atoms with Crippen LogP contribution in [0.4, 0.5) is 0 Å². The molecule has 2 amide bonds. The van der Waals surface area contributed by atoms with Gasteiger partial charge in [0.1, 0.15) is 16.7 Å². The molecule has 25 heavy (non-hydrogen) atoms. The third kappa shape index (κ3) is 4.04. The summed E-state index contributed by atoms with van der Waals surface area (Å²) in [5, 5.41) is 5.60. The number of amides is 2. The molecule has 0 unspecified atom stereocenters. The van der Waals surface area contributed by atoms with Crippen LogP contribution in [0.2, 0.25) is 5.02 Å². The maximum atomic E-state index is 12.4. The molecule has 3 N–H and O–H groups in total. The van der Waals surface area contributed by atoms with Gasteiger partial charge in [-0.15, -0.1) is 11.3 Å². The largest absolute Gasteiger partial charge is 0.368 e. The molecular formula is C18H14ClN3O2S.